The van der Waals surface area contributed by atoms with E-state index in [4.69, 9.17) is 9.47 Å². The smallest absolute Gasteiger partial charge is 0.341 e. The van der Waals surface area contributed by atoms with Crippen LogP contribution in [-0.4, -0.2) is 25.1 Å². The predicted molar refractivity (Wildman–Crippen MR) is 97.9 cm³/mol. The molecule has 6 heteroatoms. The minimum atomic E-state index is -0.361. The van der Waals surface area contributed by atoms with Crippen molar-refractivity contribution in [3.05, 3.63) is 45.8 Å². The fraction of sp³-hybridized carbons (Fsp3) is 0.368. The van der Waals surface area contributed by atoms with Crippen molar-refractivity contribution >= 4 is 28.2 Å². The number of hydrogen-bond donors (Lipinski definition) is 1. The molecule has 0 saturated heterocycles. The van der Waals surface area contributed by atoms with Crippen molar-refractivity contribution in [2.75, 3.05) is 18.5 Å². The lowest BCUT2D eigenvalue weighted by molar-refractivity contribution is 0.0527. The monoisotopic (exact) mass is 359 g/mol. The van der Waals surface area contributed by atoms with Gasteiger partial charge in [0.15, 0.2) is 0 Å². The maximum absolute atomic E-state index is 12.6. The highest BCUT2D eigenvalue weighted by Crippen LogP contribution is 2.39. The van der Waals surface area contributed by atoms with Gasteiger partial charge < -0.3 is 14.8 Å². The quantitative estimate of drug-likeness (QED) is 0.790. The summed E-state index contributed by atoms with van der Waals surface area (Å²) in [7, 11) is 0. The maximum atomic E-state index is 12.6. The molecule has 2 aromatic rings. The molecular formula is C19H21NO4S. The Morgan fingerprint density at radius 3 is 2.80 bits per heavy atom. The summed E-state index contributed by atoms with van der Waals surface area (Å²) in [5.74, 6) is 0.0294. The molecular weight excluding hydrogens is 338 g/mol. The SMILES string of the molecule is CCOC(=O)c1c(NC(=O)c2cccc(OCC)c2)sc2c1CCC2. The summed E-state index contributed by atoms with van der Waals surface area (Å²) in [4.78, 5) is 26.1. The summed E-state index contributed by atoms with van der Waals surface area (Å²) in [6.07, 6.45) is 2.84. The van der Waals surface area contributed by atoms with E-state index in [9.17, 15) is 9.59 Å². The summed E-state index contributed by atoms with van der Waals surface area (Å²) in [5.41, 5.74) is 2.05. The second-order valence-corrected chi connectivity index (χ2v) is 6.80. The number of anilines is 1. The number of carbonyl (C=O) groups is 2. The van der Waals surface area contributed by atoms with Crippen LogP contribution in [0.2, 0.25) is 0 Å². The Morgan fingerprint density at radius 2 is 2.04 bits per heavy atom. The molecule has 0 radical (unpaired) electrons. The molecule has 0 bridgehead atoms. The number of hydrogen-bond acceptors (Lipinski definition) is 5. The normalized spacial score (nSPS) is 12.6. The van der Waals surface area contributed by atoms with E-state index >= 15 is 0 Å². The van der Waals surface area contributed by atoms with Crippen LogP contribution in [0.3, 0.4) is 0 Å². The van der Waals surface area contributed by atoms with Crippen LogP contribution in [0.5, 0.6) is 5.75 Å². The van der Waals surface area contributed by atoms with Gasteiger partial charge in [-0.05, 0) is 56.9 Å². The van der Waals surface area contributed by atoms with Gasteiger partial charge in [0, 0.05) is 10.4 Å². The standard InChI is InChI=1S/C19H21NO4S/c1-3-23-13-8-5-7-12(11-13)17(21)20-18-16(19(22)24-4-2)14-9-6-10-15(14)25-18/h5,7-8,11H,3-4,6,9-10H2,1-2H3,(H,20,21). The van der Waals surface area contributed by atoms with Crippen molar-refractivity contribution in [3.8, 4) is 5.75 Å². The minimum Gasteiger partial charge on any atom is -0.494 e. The first-order valence-corrected chi connectivity index (χ1v) is 9.31. The van der Waals surface area contributed by atoms with E-state index in [1.54, 1.807) is 25.1 Å². The third kappa shape index (κ3) is 3.69. The van der Waals surface area contributed by atoms with Gasteiger partial charge >= 0.3 is 5.97 Å². The van der Waals surface area contributed by atoms with Gasteiger partial charge in [-0.15, -0.1) is 11.3 Å². The van der Waals surface area contributed by atoms with Crippen LogP contribution in [0.15, 0.2) is 24.3 Å². The first-order chi connectivity index (χ1) is 12.1. The van der Waals surface area contributed by atoms with Crippen molar-refractivity contribution in [2.45, 2.75) is 33.1 Å². The van der Waals surface area contributed by atoms with E-state index in [2.05, 4.69) is 5.32 Å². The number of aryl methyl sites for hydroxylation is 1. The highest BCUT2D eigenvalue weighted by molar-refractivity contribution is 7.17. The van der Waals surface area contributed by atoms with E-state index in [1.807, 2.05) is 13.0 Å². The Bertz CT molecular complexity index is 797. The van der Waals surface area contributed by atoms with Crippen LogP contribution < -0.4 is 10.1 Å². The number of ether oxygens (including phenoxy) is 2. The molecule has 1 N–H and O–H groups in total. The number of benzene rings is 1. The molecule has 0 fully saturated rings. The number of thiophene rings is 1. The lowest BCUT2D eigenvalue weighted by Crippen LogP contribution is -2.15. The zero-order valence-corrected chi connectivity index (χ0v) is 15.2. The summed E-state index contributed by atoms with van der Waals surface area (Å²) >= 11 is 1.48. The Kier molecular flexibility index (Phi) is 5.38. The molecule has 0 atom stereocenters. The molecule has 1 heterocycles. The first-order valence-electron chi connectivity index (χ1n) is 8.49. The van der Waals surface area contributed by atoms with E-state index in [-0.39, 0.29) is 11.9 Å². The van der Waals surface area contributed by atoms with Gasteiger partial charge in [0.05, 0.1) is 18.8 Å². The van der Waals surface area contributed by atoms with Gasteiger partial charge in [-0.2, -0.15) is 0 Å². The Balaban J connectivity index is 1.86. The van der Waals surface area contributed by atoms with Crippen LogP contribution >= 0.6 is 11.3 Å². The van der Waals surface area contributed by atoms with E-state index in [1.165, 1.54) is 16.2 Å². The van der Waals surface area contributed by atoms with Gasteiger partial charge in [0.1, 0.15) is 10.8 Å². The zero-order valence-electron chi connectivity index (χ0n) is 14.4. The lowest BCUT2D eigenvalue weighted by atomic mass is 10.1. The molecule has 0 unspecified atom stereocenters. The molecule has 1 aromatic heterocycles. The van der Waals surface area contributed by atoms with Crippen LogP contribution in [0, 0.1) is 0 Å². The second-order valence-electron chi connectivity index (χ2n) is 5.70. The van der Waals surface area contributed by atoms with Crippen LogP contribution in [-0.2, 0) is 17.6 Å². The summed E-state index contributed by atoms with van der Waals surface area (Å²) < 4.78 is 10.6. The number of nitrogens with one attached hydrogen (secondary N) is 1. The largest absolute Gasteiger partial charge is 0.494 e. The lowest BCUT2D eigenvalue weighted by Gasteiger charge is -2.09. The number of rotatable bonds is 6. The molecule has 1 aliphatic rings. The molecule has 132 valence electrons. The van der Waals surface area contributed by atoms with Gasteiger partial charge in [-0.25, -0.2) is 4.79 Å². The summed E-state index contributed by atoms with van der Waals surface area (Å²) in [6.45, 7) is 4.52. The maximum Gasteiger partial charge on any atom is 0.341 e. The van der Waals surface area contributed by atoms with Crippen molar-refractivity contribution in [2.24, 2.45) is 0 Å². The summed E-state index contributed by atoms with van der Waals surface area (Å²) in [5, 5.41) is 3.47. The first kappa shape index (κ1) is 17.5. The zero-order chi connectivity index (χ0) is 17.8. The molecule has 1 aromatic carbocycles. The van der Waals surface area contributed by atoms with Crippen LogP contribution in [0.4, 0.5) is 5.00 Å². The Morgan fingerprint density at radius 1 is 1.20 bits per heavy atom. The summed E-state index contributed by atoms with van der Waals surface area (Å²) in [6, 6.07) is 7.01. The number of esters is 1. The third-order valence-electron chi connectivity index (χ3n) is 4.04. The topological polar surface area (TPSA) is 64.6 Å². The fourth-order valence-corrected chi connectivity index (χ4v) is 4.25. The van der Waals surface area contributed by atoms with E-state index < -0.39 is 0 Å². The van der Waals surface area contributed by atoms with E-state index in [0.29, 0.717) is 35.1 Å². The van der Waals surface area contributed by atoms with E-state index in [0.717, 1.165) is 24.8 Å². The van der Waals surface area contributed by atoms with Crippen molar-refractivity contribution in [1.82, 2.24) is 0 Å². The van der Waals surface area contributed by atoms with Crippen molar-refractivity contribution in [1.29, 1.82) is 0 Å². The molecule has 1 amide bonds. The molecule has 5 nitrogen and oxygen atoms in total. The van der Waals surface area contributed by atoms with Crippen LogP contribution in [0.1, 0.15) is 51.4 Å². The Labute approximate surface area is 151 Å². The van der Waals surface area contributed by atoms with Crippen molar-refractivity contribution < 1.29 is 19.1 Å². The minimum absolute atomic E-state index is 0.257. The third-order valence-corrected chi connectivity index (χ3v) is 5.24. The predicted octanol–water partition coefficient (Wildman–Crippen LogP) is 4.06. The van der Waals surface area contributed by atoms with Gasteiger partial charge in [-0.3, -0.25) is 4.79 Å². The highest BCUT2D eigenvalue weighted by atomic mass is 32.1. The molecule has 1 aliphatic carbocycles. The van der Waals surface area contributed by atoms with Gasteiger partial charge in [0.2, 0.25) is 0 Å². The average molecular weight is 359 g/mol. The second kappa shape index (κ2) is 7.70. The average Bonchev–Trinajstić information content (AvgIpc) is 3.16. The van der Waals surface area contributed by atoms with Gasteiger partial charge in [-0.1, -0.05) is 6.07 Å². The number of amides is 1. The number of fused-ring (bicyclic) bond motifs is 1. The molecule has 0 spiro atoms. The highest BCUT2D eigenvalue weighted by Gasteiger charge is 2.28. The molecule has 25 heavy (non-hydrogen) atoms. The van der Waals surface area contributed by atoms with Crippen molar-refractivity contribution in [3.63, 3.8) is 0 Å². The molecule has 3 rings (SSSR count). The van der Waals surface area contributed by atoms with Gasteiger partial charge in [0.25, 0.3) is 5.91 Å². The molecule has 0 aliphatic heterocycles. The number of carbonyl (C=O) groups excluding carboxylic acids is 2. The molecule has 0 saturated carbocycles. The van der Waals surface area contributed by atoms with Crippen LogP contribution in [0.25, 0.3) is 0 Å². The fourth-order valence-electron chi connectivity index (χ4n) is 2.98. The Hall–Kier alpha value is -2.34.